The van der Waals surface area contributed by atoms with Gasteiger partial charge in [-0.2, -0.15) is 4.31 Å². The quantitative estimate of drug-likeness (QED) is 0.754. The molecule has 1 aromatic rings. The Kier molecular flexibility index (Phi) is 5.94. The molecule has 124 valence electrons. The summed E-state index contributed by atoms with van der Waals surface area (Å²) in [6.07, 6.45) is 3.58. The summed E-state index contributed by atoms with van der Waals surface area (Å²) in [6.45, 7) is 7.34. The second kappa shape index (κ2) is 7.53. The molecule has 0 saturated carbocycles. The van der Waals surface area contributed by atoms with Crippen LogP contribution in [0.1, 0.15) is 31.7 Å². The Morgan fingerprint density at radius 1 is 1.14 bits per heavy atom. The highest BCUT2D eigenvalue weighted by Gasteiger charge is 2.28. The van der Waals surface area contributed by atoms with Crippen LogP contribution in [-0.2, 0) is 10.0 Å². The van der Waals surface area contributed by atoms with Crippen LogP contribution in [0.15, 0.2) is 23.1 Å². The first kappa shape index (κ1) is 17.4. The largest absolute Gasteiger partial charge is 0.301 e. The molecular formula is C16H25FN2O2S. The first-order chi connectivity index (χ1) is 10.4. The van der Waals surface area contributed by atoms with Crippen LogP contribution in [0.2, 0.25) is 0 Å². The summed E-state index contributed by atoms with van der Waals surface area (Å²) < 4.78 is 40.0. The third-order valence-electron chi connectivity index (χ3n) is 4.18. The second-order valence-electron chi connectivity index (χ2n) is 5.86. The summed E-state index contributed by atoms with van der Waals surface area (Å²) in [4.78, 5) is 2.50. The van der Waals surface area contributed by atoms with Crippen LogP contribution < -0.4 is 0 Å². The van der Waals surface area contributed by atoms with E-state index >= 15 is 0 Å². The van der Waals surface area contributed by atoms with Gasteiger partial charge in [0.1, 0.15) is 5.82 Å². The van der Waals surface area contributed by atoms with E-state index in [0.29, 0.717) is 18.7 Å². The predicted molar refractivity (Wildman–Crippen MR) is 85.9 cm³/mol. The average Bonchev–Trinajstić information content (AvgIpc) is 2.51. The van der Waals surface area contributed by atoms with E-state index in [4.69, 9.17) is 0 Å². The summed E-state index contributed by atoms with van der Waals surface area (Å²) in [6, 6.07) is 3.99. The number of halogens is 1. The molecule has 0 aromatic heterocycles. The maximum atomic E-state index is 13.3. The minimum absolute atomic E-state index is 0.186. The molecule has 0 bridgehead atoms. The van der Waals surface area contributed by atoms with Gasteiger partial charge in [0, 0.05) is 26.2 Å². The fraction of sp³-hybridized carbons (Fsp3) is 0.625. The summed E-state index contributed by atoms with van der Waals surface area (Å²) >= 11 is 0. The molecule has 4 nitrogen and oxygen atoms in total. The van der Waals surface area contributed by atoms with Crippen molar-refractivity contribution in [1.29, 1.82) is 0 Å². The molecule has 0 aliphatic carbocycles. The normalized spacial score (nSPS) is 17.8. The number of hydrogen-bond donors (Lipinski definition) is 0. The molecule has 22 heavy (non-hydrogen) atoms. The number of unbranched alkanes of at least 4 members (excludes halogenated alkanes) is 2. The van der Waals surface area contributed by atoms with Crippen molar-refractivity contribution in [3.8, 4) is 0 Å². The van der Waals surface area contributed by atoms with E-state index in [1.807, 2.05) is 0 Å². The lowest BCUT2D eigenvalue weighted by molar-refractivity contribution is 0.185. The van der Waals surface area contributed by atoms with Crippen LogP contribution in [0.5, 0.6) is 0 Å². The summed E-state index contributed by atoms with van der Waals surface area (Å²) in [5.41, 5.74) is 0.360. The van der Waals surface area contributed by atoms with Crippen molar-refractivity contribution in [3.63, 3.8) is 0 Å². The van der Waals surface area contributed by atoms with E-state index in [0.717, 1.165) is 19.6 Å². The van der Waals surface area contributed by atoms with Crippen LogP contribution in [0.25, 0.3) is 0 Å². The highest BCUT2D eigenvalue weighted by Crippen LogP contribution is 2.20. The Bertz CT molecular complexity index is 596. The molecule has 1 aliphatic heterocycles. The molecule has 0 atom stereocenters. The van der Waals surface area contributed by atoms with Crippen molar-refractivity contribution in [2.24, 2.45) is 0 Å². The minimum atomic E-state index is -3.51. The van der Waals surface area contributed by atoms with Gasteiger partial charge >= 0.3 is 0 Å². The Labute approximate surface area is 133 Å². The Balaban J connectivity index is 1.98. The fourth-order valence-corrected chi connectivity index (χ4v) is 4.21. The van der Waals surface area contributed by atoms with Crippen LogP contribution in [0.4, 0.5) is 4.39 Å². The highest BCUT2D eigenvalue weighted by molar-refractivity contribution is 7.89. The molecule has 0 spiro atoms. The van der Waals surface area contributed by atoms with Gasteiger partial charge in [-0.25, -0.2) is 12.8 Å². The highest BCUT2D eigenvalue weighted by atomic mass is 32.2. The van der Waals surface area contributed by atoms with Gasteiger partial charge in [-0.05, 0) is 43.7 Å². The maximum Gasteiger partial charge on any atom is 0.243 e. The number of sulfonamides is 1. The molecule has 0 unspecified atom stereocenters. The summed E-state index contributed by atoms with van der Waals surface area (Å²) in [5.74, 6) is -0.375. The van der Waals surface area contributed by atoms with Crippen molar-refractivity contribution < 1.29 is 12.8 Å². The van der Waals surface area contributed by atoms with E-state index in [9.17, 15) is 12.8 Å². The molecule has 2 rings (SSSR count). The van der Waals surface area contributed by atoms with Gasteiger partial charge in [0.15, 0.2) is 0 Å². The van der Waals surface area contributed by atoms with Crippen LogP contribution >= 0.6 is 0 Å². The predicted octanol–water partition coefficient (Wildman–Crippen LogP) is 2.63. The lowest BCUT2D eigenvalue weighted by Gasteiger charge is -2.34. The number of aryl methyl sites for hydroxylation is 1. The number of rotatable bonds is 6. The van der Waals surface area contributed by atoms with Gasteiger partial charge in [0.25, 0.3) is 0 Å². The van der Waals surface area contributed by atoms with Crippen LogP contribution in [0, 0.1) is 12.7 Å². The van der Waals surface area contributed by atoms with Gasteiger partial charge in [0.05, 0.1) is 4.90 Å². The van der Waals surface area contributed by atoms with Crippen LogP contribution in [-0.4, -0.2) is 50.3 Å². The first-order valence-electron chi connectivity index (χ1n) is 7.94. The zero-order valence-corrected chi connectivity index (χ0v) is 14.2. The molecular weight excluding hydrogens is 303 g/mol. The van der Waals surface area contributed by atoms with E-state index in [-0.39, 0.29) is 10.7 Å². The minimum Gasteiger partial charge on any atom is -0.301 e. The smallest absolute Gasteiger partial charge is 0.243 e. The van der Waals surface area contributed by atoms with Gasteiger partial charge in [0.2, 0.25) is 10.0 Å². The third-order valence-corrected chi connectivity index (χ3v) is 6.07. The third kappa shape index (κ3) is 4.06. The van der Waals surface area contributed by atoms with Crippen molar-refractivity contribution >= 4 is 10.0 Å². The van der Waals surface area contributed by atoms with Crippen molar-refractivity contribution in [2.75, 3.05) is 32.7 Å². The van der Waals surface area contributed by atoms with Gasteiger partial charge in [-0.3, -0.25) is 0 Å². The van der Waals surface area contributed by atoms with E-state index in [2.05, 4.69) is 11.8 Å². The molecule has 1 saturated heterocycles. The van der Waals surface area contributed by atoms with Gasteiger partial charge < -0.3 is 4.90 Å². The van der Waals surface area contributed by atoms with E-state index < -0.39 is 10.0 Å². The van der Waals surface area contributed by atoms with Crippen molar-refractivity contribution in [3.05, 3.63) is 29.6 Å². The summed E-state index contributed by atoms with van der Waals surface area (Å²) in [7, 11) is -3.51. The molecule has 0 amide bonds. The standard InChI is InChI=1S/C16H25FN2O2S/c1-3-4-5-8-18-9-11-19(12-10-18)22(20,21)15-6-7-16(17)14(2)13-15/h6-7,13H,3-5,8-12H2,1-2H3. The lowest BCUT2D eigenvalue weighted by atomic mass is 10.2. The SMILES string of the molecule is CCCCCN1CCN(S(=O)(=O)c2ccc(F)c(C)c2)CC1. The second-order valence-corrected chi connectivity index (χ2v) is 7.80. The maximum absolute atomic E-state index is 13.3. The molecule has 6 heteroatoms. The lowest BCUT2D eigenvalue weighted by Crippen LogP contribution is -2.48. The number of nitrogens with zero attached hydrogens (tertiary/aromatic N) is 2. The Morgan fingerprint density at radius 3 is 2.41 bits per heavy atom. The average molecular weight is 328 g/mol. The summed E-state index contributed by atoms with van der Waals surface area (Å²) in [5, 5.41) is 0. The molecule has 1 aliphatic rings. The zero-order chi connectivity index (χ0) is 16.2. The van der Waals surface area contributed by atoms with Crippen molar-refractivity contribution in [2.45, 2.75) is 38.0 Å². The molecule has 1 fully saturated rings. The molecule has 1 heterocycles. The topological polar surface area (TPSA) is 40.6 Å². The first-order valence-corrected chi connectivity index (χ1v) is 9.38. The van der Waals surface area contributed by atoms with Gasteiger partial charge in [-0.15, -0.1) is 0 Å². The molecule has 0 N–H and O–H groups in total. The zero-order valence-electron chi connectivity index (χ0n) is 13.4. The molecule has 1 aromatic carbocycles. The molecule has 0 radical (unpaired) electrons. The fourth-order valence-electron chi connectivity index (χ4n) is 2.71. The number of hydrogen-bond acceptors (Lipinski definition) is 3. The number of piperazine rings is 1. The monoisotopic (exact) mass is 328 g/mol. The van der Waals surface area contributed by atoms with E-state index in [1.165, 1.54) is 41.8 Å². The van der Waals surface area contributed by atoms with Crippen LogP contribution in [0.3, 0.4) is 0 Å². The Hall–Kier alpha value is -0.980. The van der Waals surface area contributed by atoms with Crippen molar-refractivity contribution in [1.82, 2.24) is 9.21 Å². The van der Waals surface area contributed by atoms with E-state index in [1.54, 1.807) is 6.92 Å². The number of benzene rings is 1. The Morgan fingerprint density at radius 2 is 1.82 bits per heavy atom. The van der Waals surface area contributed by atoms with Gasteiger partial charge in [-0.1, -0.05) is 19.8 Å².